The van der Waals surface area contributed by atoms with Crippen LogP contribution in [0.1, 0.15) is 43.5 Å². The van der Waals surface area contributed by atoms with Crippen LogP contribution in [0.25, 0.3) is 0 Å². The zero-order valence-corrected chi connectivity index (χ0v) is 11.5. The molecule has 0 saturated carbocycles. The van der Waals surface area contributed by atoms with Crippen LogP contribution in [0.4, 0.5) is 5.69 Å². The van der Waals surface area contributed by atoms with E-state index in [1.54, 1.807) is 20.0 Å². The summed E-state index contributed by atoms with van der Waals surface area (Å²) in [4.78, 5) is 15.0. The van der Waals surface area contributed by atoms with Gasteiger partial charge in [0.15, 0.2) is 0 Å². The molecule has 0 atom stereocenters. The third-order valence-corrected chi connectivity index (χ3v) is 3.69. The van der Waals surface area contributed by atoms with Gasteiger partial charge in [0.2, 0.25) is 0 Å². The van der Waals surface area contributed by atoms with E-state index in [1.807, 2.05) is 13.8 Å². The van der Waals surface area contributed by atoms with Crippen LogP contribution in [0.15, 0.2) is 6.20 Å². The maximum atomic E-state index is 11.0. The van der Waals surface area contributed by atoms with Gasteiger partial charge in [-0.25, -0.2) is 0 Å². The molecule has 0 aliphatic rings. The number of aryl methyl sites for hydroxylation is 1. The predicted molar refractivity (Wildman–Crippen MR) is 71.6 cm³/mol. The topological polar surface area (TPSA) is 82.0 Å². The molecule has 2 N–H and O–H groups in total. The minimum Gasteiger partial charge on any atom is -0.325 e. The van der Waals surface area contributed by atoms with Gasteiger partial charge >= 0.3 is 0 Å². The van der Waals surface area contributed by atoms with Crippen molar-refractivity contribution in [2.24, 2.45) is 5.73 Å². The van der Waals surface area contributed by atoms with E-state index < -0.39 is 0 Å². The normalized spacial score (nSPS) is 11.6. The number of aromatic nitrogens is 1. The molecule has 0 aliphatic heterocycles. The van der Waals surface area contributed by atoms with Crippen LogP contribution in [-0.4, -0.2) is 15.4 Å². The quantitative estimate of drug-likeness (QED) is 0.644. The first-order chi connectivity index (χ1) is 8.34. The van der Waals surface area contributed by atoms with Crippen molar-refractivity contribution in [2.45, 2.75) is 52.5 Å². The van der Waals surface area contributed by atoms with Crippen molar-refractivity contribution in [1.82, 2.24) is 4.98 Å². The van der Waals surface area contributed by atoms with Crippen LogP contribution in [-0.2, 0) is 6.42 Å². The lowest BCUT2D eigenvalue weighted by Crippen LogP contribution is -2.41. The zero-order valence-electron chi connectivity index (χ0n) is 11.5. The monoisotopic (exact) mass is 251 g/mol. The Balaban J connectivity index is 3.20. The third kappa shape index (κ3) is 2.85. The summed E-state index contributed by atoms with van der Waals surface area (Å²) in [6.07, 6.45) is 3.79. The Morgan fingerprint density at radius 3 is 2.39 bits per heavy atom. The fraction of sp³-hybridized carbons (Fsp3) is 0.615. The molecule has 100 valence electrons. The van der Waals surface area contributed by atoms with Crippen molar-refractivity contribution in [1.29, 1.82) is 0 Å². The number of nitrogens with two attached hydrogens (primary N) is 1. The fourth-order valence-corrected chi connectivity index (χ4v) is 2.06. The van der Waals surface area contributed by atoms with Crippen molar-refractivity contribution in [3.8, 4) is 0 Å². The van der Waals surface area contributed by atoms with Crippen LogP contribution in [0.3, 0.4) is 0 Å². The van der Waals surface area contributed by atoms with Gasteiger partial charge in [-0.2, -0.15) is 0 Å². The highest BCUT2D eigenvalue weighted by atomic mass is 16.6. The first kappa shape index (κ1) is 14.6. The molecular weight excluding hydrogens is 230 g/mol. The number of hydrogen-bond acceptors (Lipinski definition) is 4. The molecule has 1 heterocycles. The molecule has 0 fully saturated rings. The van der Waals surface area contributed by atoms with Gasteiger partial charge in [0.1, 0.15) is 0 Å². The maximum absolute atomic E-state index is 11.0. The van der Waals surface area contributed by atoms with E-state index in [1.165, 1.54) is 0 Å². The van der Waals surface area contributed by atoms with Crippen LogP contribution in [0.5, 0.6) is 0 Å². The lowest BCUT2D eigenvalue weighted by atomic mass is 9.87. The average molecular weight is 251 g/mol. The van der Waals surface area contributed by atoms with Gasteiger partial charge in [0, 0.05) is 29.3 Å². The SMILES string of the molecule is CCC(N)(CC)Cc1ncc(C)c([N+](=O)[O-])c1C. The summed E-state index contributed by atoms with van der Waals surface area (Å²) in [6.45, 7) is 7.51. The van der Waals surface area contributed by atoms with Gasteiger partial charge in [-0.3, -0.25) is 15.1 Å². The number of rotatable bonds is 5. The van der Waals surface area contributed by atoms with Crippen molar-refractivity contribution in [3.05, 3.63) is 33.1 Å². The second-order valence-electron chi connectivity index (χ2n) is 4.86. The molecule has 1 rings (SSSR count). The minimum atomic E-state index is -0.341. The van der Waals surface area contributed by atoms with Gasteiger partial charge in [0.25, 0.3) is 5.69 Å². The Morgan fingerprint density at radius 2 is 1.94 bits per heavy atom. The molecule has 5 heteroatoms. The summed E-state index contributed by atoms with van der Waals surface area (Å²) >= 11 is 0. The van der Waals surface area contributed by atoms with Gasteiger partial charge < -0.3 is 5.73 Å². The lowest BCUT2D eigenvalue weighted by Gasteiger charge is -2.26. The Kier molecular flexibility index (Phi) is 4.40. The highest BCUT2D eigenvalue weighted by Gasteiger charge is 2.26. The second-order valence-corrected chi connectivity index (χ2v) is 4.86. The highest BCUT2D eigenvalue weighted by molar-refractivity contribution is 5.47. The Morgan fingerprint density at radius 1 is 1.39 bits per heavy atom. The smallest absolute Gasteiger partial charge is 0.278 e. The summed E-state index contributed by atoms with van der Waals surface area (Å²) < 4.78 is 0. The summed E-state index contributed by atoms with van der Waals surface area (Å²) in [7, 11) is 0. The van der Waals surface area contributed by atoms with E-state index in [0.29, 0.717) is 17.5 Å². The molecule has 0 saturated heterocycles. The molecule has 0 spiro atoms. The number of nitro groups is 1. The molecule has 0 aliphatic carbocycles. The number of pyridine rings is 1. The van der Waals surface area contributed by atoms with Crippen molar-refractivity contribution < 1.29 is 4.92 Å². The van der Waals surface area contributed by atoms with E-state index >= 15 is 0 Å². The summed E-state index contributed by atoms with van der Waals surface area (Å²) in [5, 5.41) is 11.0. The number of hydrogen-bond donors (Lipinski definition) is 1. The summed E-state index contributed by atoms with van der Waals surface area (Å²) in [5.74, 6) is 0. The van der Waals surface area contributed by atoms with E-state index in [-0.39, 0.29) is 16.1 Å². The Labute approximate surface area is 108 Å². The number of nitrogens with zero attached hydrogens (tertiary/aromatic N) is 2. The van der Waals surface area contributed by atoms with Crippen molar-refractivity contribution in [3.63, 3.8) is 0 Å². The molecule has 1 aromatic rings. The van der Waals surface area contributed by atoms with Gasteiger partial charge in [-0.1, -0.05) is 13.8 Å². The standard InChI is InChI=1S/C13H21N3O2/c1-5-13(14,6-2)7-11-10(4)12(16(17)18)9(3)8-15-11/h8H,5-7,14H2,1-4H3. The largest absolute Gasteiger partial charge is 0.325 e. The van der Waals surface area contributed by atoms with E-state index in [0.717, 1.165) is 18.5 Å². The first-order valence-electron chi connectivity index (χ1n) is 6.23. The molecular formula is C13H21N3O2. The van der Waals surface area contributed by atoms with Gasteiger partial charge in [-0.15, -0.1) is 0 Å². The van der Waals surface area contributed by atoms with Crippen molar-refractivity contribution in [2.75, 3.05) is 0 Å². The fourth-order valence-electron chi connectivity index (χ4n) is 2.06. The molecule has 5 nitrogen and oxygen atoms in total. The lowest BCUT2D eigenvalue weighted by molar-refractivity contribution is -0.386. The average Bonchev–Trinajstić information content (AvgIpc) is 2.32. The third-order valence-electron chi connectivity index (χ3n) is 3.69. The Hall–Kier alpha value is -1.49. The molecule has 0 radical (unpaired) electrons. The van der Waals surface area contributed by atoms with Crippen LogP contribution >= 0.6 is 0 Å². The Bertz CT molecular complexity index is 454. The van der Waals surface area contributed by atoms with E-state index in [2.05, 4.69) is 4.98 Å². The second kappa shape index (κ2) is 5.44. The minimum absolute atomic E-state index is 0.162. The van der Waals surface area contributed by atoms with Gasteiger partial charge in [-0.05, 0) is 26.7 Å². The molecule has 0 aromatic carbocycles. The summed E-state index contributed by atoms with van der Waals surface area (Å²) in [5.41, 5.74) is 8.05. The molecule has 1 aromatic heterocycles. The maximum Gasteiger partial charge on any atom is 0.278 e. The first-order valence-corrected chi connectivity index (χ1v) is 6.23. The molecule has 0 bridgehead atoms. The van der Waals surface area contributed by atoms with Crippen LogP contribution in [0, 0.1) is 24.0 Å². The summed E-state index contributed by atoms with van der Waals surface area (Å²) in [6, 6.07) is 0. The van der Waals surface area contributed by atoms with Gasteiger partial charge in [0.05, 0.1) is 10.6 Å². The van der Waals surface area contributed by atoms with Crippen LogP contribution < -0.4 is 5.73 Å². The van der Waals surface area contributed by atoms with E-state index in [4.69, 9.17) is 5.73 Å². The zero-order chi connectivity index (χ0) is 13.9. The van der Waals surface area contributed by atoms with E-state index in [9.17, 15) is 10.1 Å². The molecule has 18 heavy (non-hydrogen) atoms. The molecule has 0 amide bonds. The van der Waals surface area contributed by atoms with Crippen LogP contribution in [0.2, 0.25) is 0 Å². The molecule has 0 unspecified atom stereocenters. The predicted octanol–water partition coefficient (Wildman–Crippen LogP) is 2.67. The highest BCUT2D eigenvalue weighted by Crippen LogP contribution is 2.27. The van der Waals surface area contributed by atoms with Crippen molar-refractivity contribution >= 4 is 5.69 Å².